The molecule has 0 saturated carbocycles. The highest BCUT2D eigenvalue weighted by atomic mass is 16.5. The van der Waals surface area contributed by atoms with Crippen LogP contribution in [-0.4, -0.2) is 29.1 Å². The first-order chi connectivity index (χ1) is 11.8. The predicted octanol–water partition coefficient (Wildman–Crippen LogP) is 2.30. The molecule has 0 fully saturated rings. The molecular weight excluding hydrogens is 302 g/mol. The summed E-state index contributed by atoms with van der Waals surface area (Å²) in [6.07, 6.45) is 6.41. The molecule has 6 nitrogen and oxygen atoms in total. The topological polar surface area (TPSA) is 85.4 Å². The number of aliphatic imine (C=N–C) groups is 1. The van der Waals surface area contributed by atoms with E-state index in [9.17, 15) is 0 Å². The van der Waals surface area contributed by atoms with Crippen molar-refractivity contribution in [3.63, 3.8) is 0 Å². The lowest BCUT2D eigenvalue weighted by atomic mass is 10.2. The Bertz CT molecular complexity index is 630. The lowest BCUT2D eigenvalue weighted by Crippen LogP contribution is -2.33. The van der Waals surface area contributed by atoms with Gasteiger partial charge < -0.3 is 15.8 Å². The van der Waals surface area contributed by atoms with Gasteiger partial charge in [0.15, 0.2) is 5.96 Å². The van der Waals surface area contributed by atoms with Crippen molar-refractivity contribution in [3.8, 4) is 5.88 Å². The van der Waals surface area contributed by atoms with E-state index < -0.39 is 0 Å². The largest absolute Gasteiger partial charge is 0.477 e. The van der Waals surface area contributed by atoms with Gasteiger partial charge in [0.25, 0.3) is 0 Å². The standard InChI is InChI=1S/C18H25N5O/c1-2-3-13-24-17-15(7-6-11-21-17)14-23-18(19)22-12-9-16-8-4-5-10-20-16/h4-8,10-11H,2-3,9,12-14H2,1H3,(H3,19,22,23). The van der Waals surface area contributed by atoms with Crippen LogP contribution in [0.25, 0.3) is 0 Å². The van der Waals surface area contributed by atoms with Gasteiger partial charge in [0.2, 0.25) is 5.88 Å². The Morgan fingerprint density at radius 2 is 2.08 bits per heavy atom. The number of rotatable bonds is 9. The molecule has 0 aliphatic heterocycles. The van der Waals surface area contributed by atoms with E-state index >= 15 is 0 Å². The zero-order valence-corrected chi connectivity index (χ0v) is 14.1. The predicted molar refractivity (Wildman–Crippen MR) is 95.9 cm³/mol. The van der Waals surface area contributed by atoms with Gasteiger partial charge in [-0.3, -0.25) is 4.98 Å². The van der Waals surface area contributed by atoms with Crippen molar-refractivity contribution >= 4 is 5.96 Å². The lowest BCUT2D eigenvalue weighted by Gasteiger charge is -2.09. The number of nitrogens with one attached hydrogen (secondary N) is 1. The fourth-order valence-electron chi connectivity index (χ4n) is 2.08. The maximum absolute atomic E-state index is 5.91. The van der Waals surface area contributed by atoms with Crippen LogP contribution in [-0.2, 0) is 13.0 Å². The van der Waals surface area contributed by atoms with E-state index in [-0.39, 0.29) is 0 Å². The van der Waals surface area contributed by atoms with Gasteiger partial charge in [0.1, 0.15) is 0 Å². The smallest absolute Gasteiger partial charge is 0.218 e. The summed E-state index contributed by atoms with van der Waals surface area (Å²) < 4.78 is 5.70. The number of ether oxygens (including phenoxy) is 1. The molecule has 0 aliphatic rings. The SMILES string of the molecule is CCCCOc1ncccc1CN=C(N)NCCc1ccccn1. The van der Waals surface area contributed by atoms with E-state index in [1.165, 1.54) is 0 Å². The first-order valence-corrected chi connectivity index (χ1v) is 8.30. The molecule has 0 unspecified atom stereocenters. The van der Waals surface area contributed by atoms with Crippen LogP contribution in [0.3, 0.4) is 0 Å². The van der Waals surface area contributed by atoms with Gasteiger partial charge in [-0.15, -0.1) is 0 Å². The Kier molecular flexibility index (Phi) is 7.53. The molecule has 2 aromatic heterocycles. The monoisotopic (exact) mass is 327 g/mol. The zero-order valence-electron chi connectivity index (χ0n) is 14.1. The van der Waals surface area contributed by atoms with Crippen LogP contribution in [0.4, 0.5) is 0 Å². The third-order valence-corrected chi connectivity index (χ3v) is 3.42. The summed E-state index contributed by atoms with van der Waals surface area (Å²) in [6, 6.07) is 9.70. The van der Waals surface area contributed by atoms with Crippen molar-refractivity contribution in [2.75, 3.05) is 13.2 Å². The number of nitrogens with two attached hydrogens (primary N) is 1. The minimum atomic E-state index is 0.411. The molecule has 0 saturated heterocycles. The molecule has 128 valence electrons. The summed E-state index contributed by atoms with van der Waals surface area (Å²) in [5.74, 6) is 1.05. The second-order valence-corrected chi connectivity index (χ2v) is 5.37. The molecule has 0 aliphatic carbocycles. The van der Waals surface area contributed by atoms with Crippen LogP contribution in [0.5, 0.6) is 5.88 Å². The Morgan fingerprint density at radius 1 is 1.21 bits per heavy atom. The Labute approximate surface area is 143 Å². The van der Waals surface area contributed by atoms with Crippen LogP contribution >= 0.6 is 0 Å². The lowest BCUT2D eigenvalue weighted by molar-refractivity contribution is 0.294. The van der Waals surface area contributed by atoms with Gasteiger partial charge in [-0.05, 0) is 24.6 Å². The van der Waals surface area contributed by atoms with Crippen molar-refractivity contribution in [2.45, 2.75) is 32.7 Å². The number of hydrogen-bond acceptors (Lipinski definition) is 4. The molecule has 2 heterocycles. The number of nitrogens with zero attached hydrogens (tertiary/aromatic N) is 3. The molecule has 3 N–H and O–H groups in total. The summed E-state index contributed by atoms with van der Waals surface area (Å²) in [6.45, 7) is 3.93. The van der Waals surface area contributed by atoms with E-state index in [0.717, 1.165) is 30.5 Å². The summed E-state index contributed by atoms with van der Waals surface area (Å²) >= 11 is 0. The number of hydrogen-bond donors (Lipinski definition) is 2. The first kappa shape index (κ1) is 17.7. The zero-order chi connectivity index (χ0) is 17.0. The van der Waals surface area contributed by atoms with Crippen molar-refractivity contribution in [2.24, 2.45) is 10.7 Å². The molecule has 0 atom stereocenters. The molecule has 0 aromatic carbocycles. The highest BCUT2D eigenvalue weighted by Gasteiger charge is 2.04. The fraction of sp³-hybridized carbons (Fsp3) is 0.389. The van der Waals surface area contributed by atoms with E-state index in [4.69, 9.17) is 10.5 Å². The minimum absolute atomic E-state index is 0.411. The highest BCUT2D eigenvalue weighted by Crippen LogP contribution is 2.15. The van der Waals surface area contributed by atoms with Gasteiger partial charge in [-0.2, -0.15) is 0 Å². The maximum Gasteiger partial charge on any atom is 0.218 e. The van der Waals surface area contributed by atoms with Gasteiger partial charge in [-0.1, -0.05) is 25.5 Å². The number of aromatic nitrogens is 2. The molecule has 2 aromatic rings. The van der Waals surface area contributed by atoms with E-state index in [0.29, 0.717) is 31.5 Å². The molecule has 0 radical (unpaired) electrons. The third kappa shape index (κ3) is 6.24. The first-order valence-electron chi connectivity index (χ1n) is 8.30. The summed E-state index contributed by atoms with van der Waals surface area (Å²) in [5, 5.41) is 3.10. The van der Waals surface area contributed by atoms with Crippen LogP contribution in [0.1, 0.15) is 31.0 Å². The Balaban J connectivity index is 1.81. The Morgan fingerprint density at radius 3 is 2.88 bits per heavy atom. The summed E-state index contributed by atoms with van der Waals surface area (Å²) in [4.78, 5) is 12.9. The van der Waals surface area contributed by atoms with E-state index in [2.05, 4.69) is 27.2 Å². The fourth-order valence-corrected chi connectivity index (χ4v) is 2.08. The van der Waals surface area contributed by atoms with Crippen molar-refractivity contribution in [1.29, 1.82) is 0 Å². The molecule has 24 heavy (non-hydrogen) atoms. The second-order valence-electron chi connectivity index (χ2n) is 5.37. The highest BCUT2D eigenvalue weighted by molar-refractivity contribution is 5.77. The van der Waals surface area contributed by atoms with Gasteiger partial charge >= 0.3 is 0 Å². The number of guanidine groups is 1. The quantitative estimate of drug-likeness (QED) is 0.419. The van der Waals surface area contributed by atoms with Crippen molar-refractivity contribution in [3.05, 3.63) is 54.0 Å². The Hall–Kier alpha value is -2.63. The van der Waals surface area contributed by atoms with E-state index in [1.54, 1.807) is 12.4 Å². The molecule has 6 heteroatoms. The van der Waals surface area contributed by atoms with E-state index in [1.807, 2.05) is 30.3 Å². The molecule has 0 amide bonds. The average Bonchev–Trinajstić information content (AvgIpc) is 2.62. The van der Waals surface area contributed by atoms with Crippen LogP contribution in [0, 0.1) is 0 Å². The second kappa shape index (κ2) is 10.2. The van der Waals surface area contributed by atoms with Crippen LogP contribution in [0.2, 0.25) is 0 Å². The summed E-state index contributed by atoms with van der Waals surface area (Å²) in [7, 11) is 0. The molecule has 2 rings (SSSR count). The van der Waals surface area contributed by atoms with Gasteiger partial charge in [0, 0.05) is 36.6 Å². The minimum Gasteiger partial charge on any atom is -0.477 e. The molecule has 0 spiro atoms. The van der Waals surface area contributed by atoms with Crippen molar-refractivity contribution in [1.82, 2.24) is 15.3 Å². The number of unbranched alkanes of at least 4 members (excludes halogenated alkanes) is 1. The maximum atomic E-state index is 5.91. The van der Waals surface area contributed by atoms with Crippen LogP contribution < -0.4 is 15.8 Å². The van der Waals surface area contributed by atoms with Gasteiger partial charge in [-0.25, -0.2) is 9.98 Å². The third-order valence-electron chi connectivity index (χ3n) is 3.42. The normalized spacial score (nSPS) is 11.3. The van der Waals surface area contributed by atoms with Crippen molar-refractivity contribution < 1.29 is 4.74 Å². The molecular formula is C18H25N5O. The summed E-state index contributed by atoms with van der Waals surface area (Å²) in [5.41, 5.74) is 7.87. The van der Waals surface area contributed by atoms with Gasteiger partial charge in [0.05, 0.1) is 13.2 Å². The number of pyridine rings is 2. The molecule has 0 bridgehead atoms. The average molecular weight is 327 g/mol. The van der Waals surface area contributed by atoms with Crippen LogP contribution in [0.15, 0.2) is 47.7 Å².